The third kappa shape index (κ3) is 7.02. The summed E-state index contributed by atoms with van der Waals surface area (Å²) in [7, 11) is 0. The van der Waals surface area contributed by atoms with Crippen LogP contribution in [0.5, 0.6) is 0 Å². The van der Waals surface area contributed by atoms with Crippen LogP contribution in [-0.2, 0) is 19.2 Å². The van der Waals surface area contributed by atoms with E-state index >= 15 is 0 Å². The van der Waals surface area contributed by atoms with Gasteiger partial charge in [0.15, 0.2) is 0 Å². The summed E-state index contributed by atoms with van der Waals surface area (Å²) in [5, 5.41) is 35.8. The predicted molar refractivity (Wildman–Crippen MR) is 73.5 cm³/mol. The minimum Gasteiger partial charge on any atom is -0.481 e. The van der Waals surface area contributed by atoms with E-state index < -0.39 is 48.2 Å². The Balaban J connectivity index is 5.18. The summed E-state index contributed by atoms with van der Waals surface area (Å²) in [6, 6.07) is -1.25. The first-order valence-corrected chi connectivity index (χ1v) is 6.70. The van der Waals surface area contributed by atoms with Crippen LogP contribution < -0.4 is 0 Å². The van der Waals surface area contributed by atoms with Crippen molar-refractivity contribution in [2.45, 2.75) is 32.7 Å². The fourth-order valence-corrected chi connectivity index (χ4v) is 1.91. The molecule has 3 atom stereocenters. The molecule has 0 bridgehead atoms. The molecule has 4 N–H and O–H groups in total. The quantitative estimate of drug-likeness (QED) is 0.413. The second-order valence-corrected chi connectivity index (χ2v) is 5.22. The zero-order chi connectivity index (χ0) is 17.4. The van der Waals surface area contributed by atoms with Crippen molar-refractivity contribution in [2.24, 2.45) is 11.8 Å². The maximum Gasteiger partial charge on any atom is 0.320 e. The van der Waals surface area contributed by atoms with Crippen LogP contribution >= 0.6 is 0 Å². The summed E-state index contributed by atoms with van der Waals surface area (Å²) in [6.45, 7) is 2.39. The molecule has 0 fully saturated rings. The molecule has 0 amide bonds. The summed E-state index contributed by atoms with van der Waals surface area (Å²) in [5.41, 5.74) is 0. The van der Waals surface area contributed by atoms with Crippen LogP contribution in [0.2, 0.25) is 0 Å². The summed E-state index contributed by atoms with van der Waals surface area (Å²) < 4.78 is 0. The Labute approximate surface area is 127 Å². The first-order chi connectivity index (χ1) is 10.1. The van der Waals surface area contributed by atoms with Crippen LogP contribution in [0.15, 0.2) is 0 Å². The molecule has 0 aliphatic heterocycles. The van der Waals surface area contributed by atoms with Crippen molar-refractivity contribution in [1.82, 2.24) is 4.90 Å². The van der Waals surface area contributed by atoms with Crippen LogP contribution in [-0.4, -0.2) is 68.3 Å². The van der Waals surface area contributed by atoms with Gasteiger partial charge in [0.1, 0.15) is 6.04 Å². The molecule has 2 unspecified atom stereocenters. The van der Waals surface area contributed by atoms with E-state index in [0.717, 1.165) is 0 Å². The van der Waals surface area contributed by atoms with Gasteiger partial charge in [0.05, 0.1) is 11.8 Å². The summed E-state index contributed by atoms with van der Waals surface area (Å²) in [5.74, 6) is -6.59. The van der Waals surface area contributed by atoms with Gasteiger partial charge in [-0.2, -0.15) is 0 Å². The Bertz CT molecular complexity index is 414. The van der Waals surface area contributed by atoms with Gasteiger partial charge in [-0.1, -0.05) is 13.8 Å². The minimum absolute atomic E-state index is 0.177. The van der Waals surface area contributed by atoms with E-state index in [1.807, 2.05) is 0 Å². The number of hydrogen-bond donors (Lipinski definition) is 4. The maximum absolute atomic E-state index is 11.3. The van der Waals surface area contributed by atoms with Crippen LogP contribution in [0.1, 0.15) is 26.7 Å². The highest BCUT2D eigenvalue weighted by Crippen LogP contribution is 2.14. The Kier molecular flexibility index (Phi) is 8.10. The molecule has 0 saturated heterocycles. The molecule has 9 heteroatoms. The number of carboxylic acids is 4. The Morgan fingerprint density at radius 2 is 1.23 bits per heavy atom. The van der Waals surface area contributed by atoms with Gasteiger partial charge >= 0.3 is 23.9 Å². The fraction of sp³-hybridized carbons (Fsp3) is 0.692. The lowest BCUT2D eigenvalue weighted by molar-refractivity contribution is -0.150. The molecular weight excluding hydrogens is 298 g/mol. The van der Waals surface area contributed by atoms with E-state index in [0.29, 0.717) is 0 Å². The summed E-state index contributed by atoms with van der Waals surface area (Å²) in [6.07, 6.45) is -0.639. The van der Waals surface area contributed by atoms with Gasteiger partial charge in [-0.25, -0.2) is 0 Å². The van der Waals surface area contributed by atoms with Crippen LogP contribution in [0.3, 0.4) is 0 Å². The average Bonchev–Trinajstić information content (AvgIpc) is 2.37. The first-order valence-electron chi connectivity index (χ1n) is 6.70. The van der Waals surface area contributed by atoms with E-state index in [2.05, 4.69) is 0 Å². The van der Waals surface area contributed by atoms with E-state index in [-0.39, 0.29) is 19.5 Å². The molecule has 0 saturated carbocycles. The van der Waals surface area contributed by atoms with Crippen molar-refractivity contribution in [1.29, 1.82) is 0 Å². The fourth-order valence-electron chi connectivity index (χ4n) is 1.91. The molecule has 0 aromatic carbocycles. The van der Waals surface area contributed by atoms with Crippen LogP contribution in [0.25, 0.3) is 0 Å². The van der Waals surface area contributed by atoms with Crippen LogP contribution in [0, 0.1) is 11.8 Å². The van der Waals surface area contributed by atoms with Crippen molar-refractivity contribution in [3.8, 4) is 0 Å². The predicted octanol–water partition coefficient (Wildman–Crippen LogP) is 0.0478. The smallest absolute Gasteiger partial charge is 0.320 e. The number of nitrogens with zero attached hydrogens (tertiary/aromatic N) is 1. The molecule has 0 radical (unpaired) electrons. The monoisotopic (exact) mass is 319 g/mol. The van der Waals surface area contributed by atoms with Crippen LogP contribution in [0.4, 0.5) is 0 Å². The van der Waals surface area contributed by atoms with Gasteiger partial charge in [-0.05, 0) is 6.42 Å². The van der Waals surface area contributed by atoms with E-state index in [1.54, 1.807) is 0 Å². The average molecular weight is 319 g/mol. The maximum atomic E-state index is 11.3. The third-order valence-electron chi connectivity index (χ3n) is 3.22. The molecule has 0 rings (SSSR count). The zero-order valence-corrected chi connectivity index (χ0v) is 12.4. The SMILES string of the molecule is CC(CN(CC(C)C(=O)O)[C@@H](CCC(=O)O)C(=O)O)C(=O)O. The Hall–Kier alpha value is -2.16. The number of hydrogen-bond acceptors (Lipinski definition) is 5. The normalized spacial score (nSPS) is 15.0. The second kappa shape index (κ2) is 8.98. The lowest BCUT2D eigenvalue weighted by Gasteiger charge is -2.31. The number of aliphatic carboxylic acids is 4. The van der Waals surface area contributed by atoms with Gasteiger partial charge in [0.25, 0.3) is 0 Å². The van der Waals surface area contributed by atoms with Gasteiger partial charge in [0.2, 0.25) is 0 Å². The van der Waals surface area contributed by atoms with Gasteiger partial charge in [-0.15, -0.1) is 0 Å². The number of rotatable bonds is 11. The molecule has 9 nitrogen and oxygen atoms in total. The summed E-state index contributed by atoms with van der Waals surface area (Å²) in [4.78, 5) is 45.0. The topological polar surface area (TPSA) is 152 Å². The summed E-state index contributed by atoms with van der Waals surface area (Å²) >= 11 is 0. The molecule has 0 aliphatic rings. The van der Waals surface area contributed by atoms with Crippen molar-refractivity contribution in [3.63, 3.8) is 0 Å². The first kappa shape index (κ1) is 19.8. The highest BCUT2D eigenvalue weighted by molar-refractivity contribution is 5.76. The van der Waals surface area contributed by atoms with E-state index in [9.17, 15) is 24.3 Å². The lowest BCUT2D eigenvalue weighted by atomic mass is 10.0. The van der Waals surface area contributed by atoms with Crippen molar-refractivity contribution in [2.75, 3.05) is 13.1 Å². The highest BCUT2D eigenvalue weighted by atomic mass is 16.4. The second-order valence-electron chi connectivity index (χ2n) is 5.22. The molecule has 22 heavy (non-hydrogen) atoms. The lowest BCUT2D eigenvalue weighted by Crippen LogP contribution is -2.47. The molecule has 0 aromatic heterocycles. The standard InChI is InChI=1S/C13H21NO8/c1-7(11(17)18)5-14(6-8(2)12(19)20)9(13(21)22)3-4-10(15)16/h7-9H,3-6H2,1-2H3,(H,15,16)(H,17,18)(H,19,20)(H,21,22)/t7?,8?,9-/m0/s1. The molecule has 0 spiro atoms. The Morgan fingerprint density at radius 1 is 0.818 bits per heavy atom. The zero-order valence-electron chi connectivity index (χ0n) is 12.4. The molecule has 0 aliphatic carbocycles. The molecule has 126 valence electrons. The molecule has 0 aromatic rings. The van der Waals surface area contributed by atoms with Gasteiger partial charge < -0.3 is 20.4 Å². The molecular formula is C13H21NO8. The van der Waals surface area contributed by atoms with Gasteiger partial charge in [0, 0.05) is 19.5 Å². The molecule has 0 heterocycles. The number of carbonyl (C=O) groups is 4. The Morgan fingerprint density at radius 3 is 1.50 bits per heavy atom. The van der Waals surface area contributed by atoms with Crippen molar-refractivity contribution < 1.29 is 39.6 Å². The largest absolute Gasteiger partial charge is 0.481 e. The highest BCUT2D eigenvalue weighted by Gasteiger charge is 2.31. The third-order valence-corrected chi connectivity index (χ3v) is 3.22. The van der Waals surface area contributed by atoms with E-state index in [1.165, 1.54) is 18.7 Å². The number of carboxylic acid groups (broad SMARTS) is 4. The van der Waals surface area contributed by atoms with Gasteiger partial charge in [-0.3, -0.25) is 24.1 Å². The van der Waals surface area contributed by atoms with E-state index in [4.69, 9.17) is 15.3 Å². The minimum atomic E-state index is -1.31. The van der Waals surface area contributed by atoms with Crippen molar-refractivity contribution >= 4 is 23.9 Å². The van der Waals surface area contributed by atoms with Crippen molar-refractivity contribution in [3.05, 3.63) is 0 Å².